The van der Waals surface area contributed by atoms with E-state index in [0.29, 0.717) is 0 Å². The fourth-order valence-electron chi connectivity index (χ4n) is 0.734. The number of nitrogens with one attached hydrogen (secondary N) is 1. The Morgan fingerprint density at radius 2 is 1.90 bits per heavy atom. The minimum atomic E-state index is 0.791. The van der Waals surface area contributed by atoms with E-state index in [4.69, 9.17) is 17.6 Å². The molecule has 0 heterocycles. The van der Waals surface area contributed by atoms with Crippen LogP contribution in [0.25, 0.3) is 0 Å². The number of rotatable bonds is 7. The van der Waals surface area contributed by atoms with E-state index < -0.39 is 0 Å². The average molecular weight is 167 g/mol. The van der Waals surface area contributed by atoms with Crippen LogP contribution in [0, 0.1) is 0 Å². The maximum absolute atomic E-state index is 5.31. The number of hydroxylamine groups is 1. The molecule has 0 aliphatic heterocycles. The number of nitrogens with two attached hydrogens (primary N) is 1. The molecule has 0 rings (SSSR count). The van der Waals surface area contributed by atoms with Crippen LogP contribution in [-0.4, -0.2) is 13.1 Å². The highest BCUT2D eigenvalue weighted by molar-refractivity contribution is 6.07. The molecule has 0 saturated carbocycles. The van der Waals surface area contributed by atoms with Crippen LogP contribution in [-0.2, 0) is 4.39 Å². The average Bonchev–Trinajstić information content (AvgIpc) is 1.97. The predicted octanol–water partition coefficient (Wildman–Crippen LogP) is 1.18. The van der Waals surface area contributed by atoms with Crippen LogP contribution in [0.2, 0.25) is 0 Å². The third kappa shape index (κ3) is 8.17. The van der Waals surface area contributed by atoms with Crippen LogP contribution >= 0.6 is 11.9 Å². The highest BCUT2D eigenvalue weighted by Gasteiger charge is 1.87. The van der Waals surface area contributed by atoms with Gasteiger partial charge in [-0.2, -0.15) is 9.87 Å². The summed E-state index contributed by atoms with van der Waals surface area (Å²) in [5.41, 5.74) is 7.87. The van der Waals surface area contributed by atoms with Gasteiger partial charge in [0.05, 0.1) is 11.9 Å². The van der Waals surface area contributed by atoms with Crippen molar-refractivity contribution in [1.29, 1.82) is 0 Å². The van der Waals surface area contributed by atoms with Gasteiger partial charge in [0.1, 0.15) is 0 Å². The zero-order valence-corrected chi connectivity index (χ0v) is 6.86. The van der Waals surface area contributed by atoms with Crippen molar-refractivity contribution in [1.82, 2.24) is 5.48 Å². The van der Waals surface area contributed by atoms with Crippen molar-refractivity contribution in [3.05, 3.63) is 0 Å². The molecule has 0 aliphatic rings. The summed E-state index contributed by atoms with van der Waals surface area (Å²) in [5, 5.41) is 0. The Morgan fingerprint density at radius 1 is 1.20 bits per heavy atom. The van der Waals surface area contributed by atoms with Gasteiger partial charge in [0.2, 0.25) is 0 Å². The monoisotopic (exact) mass is 166 g/mol. The molecule has 0 amide bonds. The minimum Gasteiger partial charge on any atom is -0.330 e. The van der Waals surface area contributed by atoms with Gasteiger partial charge < -0.3 is 5.73 Å². The summed E-state index contributed by atoms with van der Waals surface area (Å²) in [6.45, 7) is 1.60. The molecule has 0 aliphatic carbocycles. The molecule has 10 heavy (non-hydrogen) atoms. The SMILES string of the molecule is NCCCCCCNOCl. The normalized spacial score (nSPS) is 10.2. The maximum atomic E-state index is 5.31. The van der Waals surface area contributed by atoms with E-state index >= 15 is 0 Å². The Labute approximate surface area is 67.0 Å². The van der Waals surface area contributed by atoms with Crippen molar-refractivity contribution in [2.24, 2.45) is 5.73 Å². The van der Waals surface area contributed by atoms with Crippen molar-refractivity contribution < 1.29 is 4.39 Å². The van der Waals surface area contributed by atoms with Crippen LogP contribution in [0.5, 0.6) is 0 Å². The van der Waals surface area contributed by atoms with Crippen molar-refractivity contribution in [3.63, 3.8) is 0 Å². The number of hydrogen-bond donors (Lipinski definition) is 2. The lowest BCUT2D eigenvalue weighted by molar-refractivity contribution is 0.216. The molecule has 4 heteroatoms. The molecular weight excluding hydrogens is 152 g/mol. The van der Waals surface area contributed by atoms with Gasteiger partial charge in [-0.25, -0.2) is 0 Å². The van der Waals surface area contributed by atoms with Gasteiger partial charge in [-0.05, 0) is 19.4 Å². The second-order valence-electron chi connectivity index (χ2n) is 2.17. The summed E-state index contributed by atoms with van der Waals surface area (Å²) < 4.78 is 4.15. The molecule has 3 N–H and O–H groups in total. The van der Waals surface area contributed by atoms with E-state index in [9.17, 15) is 0 Å². The van der Waals surface area contributed by atoms with Crippen molar-refractivity contribution in [3.8, 4) is 0 Å². The van der Waals surface area contributed by atoms with Gasteiger partial charge in [0.25, 0.3) is 0 Å². The van der Waals surface area contributed by atoms with E-state index in [1.807, 2.05) is 0 Å². The smallest absolute Gasteiger partial charge is 0.0837 e. The van der Waals surface area contributed by atoms with E-state index in [1.165, 1.54) is 12.8 Å². The first-order valence-corrected chi connectivity index (χ1v) is 3.93. The summed E-state index contributed by atoms with van der Waals surface area (Å²) in [5.74, 6) is 0. The molecule has 0 spiro atoms. The molecule has 0 fully saturated rings. The van der Waals surface area contributed by atoms with Crippen LogP contribution < -0.4 is 11.2 Å². The van der Waals surface area contributed by atoms with E-state index in [2.05, 4.69) is 9.87 Å². The molecule has 0 radical (unpaired) electrons. The van der Waals surface area contributed by atoms with Gasteiger partial charge in [-0.15, -0.1) is 0 Å². The largest absolute Gasteiger partial charge is 0.330 e. The summed E-state index contributed by atoms with van der Waals surface area (Å²) in [6, 6.07) is 0. The van der Waals surface area contributed by atoms with Crippen molar-refractivity contribution in [2.45, 2.75) is 25.7 Å². The molecule has 0 aromatic carbocycles. The fourth-order valence-corrected chi connectivity index (χ4v) is 0.811. The molecule has 0 atom stereocenters. The molecule has 0 bridgehead atoms. The molecule has 0 aromatic heterocycles. The summed E-state index contributed by atoms with van der Waals surface area (Å²) >= 11 is 4.91. The number of halogens is 1. The third-order valence-corrected chi connectivity index (χ3v) is 1.40. The first-order chi connectivity index (χ1) is 4.91. The van der Waals surface area contributed by atoms with Crippen LogP contribution in [0.15, 0.2) is 0 Å². The first-order valence-electron chi connectivity index (χ1n) is 3.62. The molecular formula is C6H15ClN2O. The Morgan fingerprint density at radius 3 is 2.50 bits per heavy atom. The maximum Gasteiger partial charge on any atom is 0.0837 e. The second-order valence-corrected chi connectivity index (χ2v) is 2.33. The number of unbranched alkanes of at least 4 members (excludes halogenated alkanes) is 3. The zero-order valence-electron chi connectivity index (χ0n) is 6.11. The summed E-state index contributed by atoms with van der Waals surface area (Å²) in [6.07, 6.45) is 4.58. The highest BCUT2D eigenvalue weighted by atomic mass is 35.5. The van der Waals surface area contributed by atoms with Gasteiger partial charge in [0, 0.05) is 6.54 Å². The lowest BCUT2D eigenvalue weighted by Crippen LogP contribution is -2.10. The standard InChI is InChI=1S/C6H15ClN2O/c7-10-9-6-4-2-1-3-5-8/h9H,1-6,8H2. The Balaban J connectivity index is 2.65. The number of hydrogen-bond acceptors (Lipinski definition) is 3. The van der Waals surface area contributed by atoms with E-state index in [0.717, 1.165) is 25.9 Å². The quantitative estimate of drug-likeness (QED) is 0.441. The fraction of sp³-hybridized carbons (Fsp3) is 1.00. The molecule has 62 valence electrons. The Hall–Kier alpha value is 0.170. The van der Waals surface area contributed by atoms with Crippen LogP contribution in [0.3, 0.4) is 0 Å². The third-order valence-electron chi connectivity index (χ3n) is 1.29. The van der Waals surface area contributed by atoms with E-state index in [1.54, 1.807) is 0 Å². The lowest BCUT2D eigenvalue weighted by atomic mass is 10.2. The van der Waals surface area contributed by atoms with Gasteiger partial charge in [-0.3, -0.25) is 0 Å². The van der Waals surface area contributed by atoms with Crippen molar-refractivity contribution >= 4 is 11.9 Å². The summed E-state index contributed by atoms with van der Waals surface area (Å²) in [4.78, 5) is 0. The molecule has 3 nitrogen and oxygen atoms in total. The lowest BCUT2D eigenvalue weighted by Gasteiger charge is -1.98. The zero-order chi connectivity index (χ0) is 7.66. The highest BCUT2D eigenvalue weighted by Crippen LogP contribution is 1.96. The first kappa shape index (κ1) is 10.2. The van der Waals surface area contributed by atoms with Crippen LogP contribution in [0.4, 0.5) is 0 Å². The Bertz CT molecular complexity index is 55.7. The van der Waals surface area contributed by atoms with Gasteiger partial charge in [-0.1, -0.05) is 12.8 Å². The van der Waals surface area contributed by atoms with E-state index in [-0.39, 0.29) is 0 Å². The molecule has 0 aromatic rings. The second kappa shape index (κ2) is 9.17. The van der Waals surface area contributed by atoms with Crippen molar-refractivity contribution in [2.75, 3.05) is 13.1 Å². The van der Waals surface area contributed by atoms with Gasteiger partial charge >= 0.3 is 0 Å². The molecule has 0 unspecified atom stereocenters. The predicted molar refractivity (Wildman–Crippen MR) is 42.5 cm³/mol. The summed E-state index contributed by atoms with van der Waals surface area (Å²) in [7, 11) is 0. The molecule has 0 saturated heterocycles. The minimum absolute atomic E-state index is 0.791. The Kier molecular flexibility index (Phi) is 9.33. The topological polar surface area (TPSA) is 47.3 Å². The van der Waals surface area contributed by atoms with Crippen LogP contribution in [0.1, 0.15) is 25.7 Å². The van der Waals surface area contributed by atoms with Gasteiger partial charge in [0.15, 0.2) is 0 Å².